The number of fused-ring (bicyclic) bond motifs is 1. The number of hydrogen-bond donors (Lipinski definition) is 2. The zero-order valence-electron chi connectivity index (χ0n) is 19.6. The molecule has 0 unspecified atom stereocenters. The highest BCUT2D eigenvalue weighted by Crippen LogP contribution is 2.35. The molecule has 0 fully saturated rings. The molecule has 10 heteroatoms. The lowest BCUT2D eigenvalue weighted by molar-refractivity contribution is 0.415. The van der Waals surface area contributed by atoms with E-state index >= 15 is 0 Å². The van der Waals surface area contributed by atoms with E-state index in [1.54, 1.807) is 55.0 Å². The van der Waals surface area contributed by atoms with Crippen LogP contribution in [0, 0.1) is 0 Å². The van der Waals surface area contributed by atoms with E-state index in [1.807, 2.05) is 48.0 Å². The lowest BCUT2D eigenvalue weighted by atomic mass is 10.1. The lowest BCUT2D eigenvalue weighted by Crippen LogP contribution is -2.26. The molecule has 0 aliphatic carbocycles. The van der Waals surface area contributed by atoms with Crippen molar-refractivity contribution < 1.29 is 13.2 Å². The van der Waals surface area contributed by atoms with Crippen molar-refractivity contribution in [1.82, 2.24) is 19.1 Å². The predicted octanol–water partition coefficient (Wildman–Crippen LogP) is 4.91. The quantitative estimate of drug-likeness (QED) is 0.254. The summed E-state index contributed by atoms with van der Waals surface area (Å²) in [5.41, 5.74) is 3.78. The monoisotopic (exact) mass is 519 g/mol. The maximum absolute atomic E-state index is 12.4. The van der Waals surface area contributed by atoms with Gasteiger partial charge < -0.3 is 10.1 Å². The zero-order chi connectivity index (χ0) is 25.0. The van der Waals surface area contributed by atoms with Gasteiger partial charge in [0.1, 0.15) is 11.6 Å². The van der Waals surface area contributed by atoms with E-state index in [0.29, 0.717) is 25.3 Å². The molecule has 0 atom stereocenters. The van der Waals surface area contributed by atoms with Crippen molar-refractivity contribution in [3.63, 3.8) is 0 Å². The summed E-state index contributed by atoms with van der Waals surface area (Å²) < 4.78 is 34.8. The fourth-order valence-electron chi connectivity index (χ4n) is 3.90. The molecule has 8 nitrogen and oxygen atoms in total. The van der Waals surface area contributed by atoms with Crippen LogP contribution in [0.15, 0.2) is 89.4 Å². The molecule has 0 aliphatic heterocycles. The molecule has 5 aromatic rings. The molecular formula is C26H25N5O3S2. The molecule has 3 aromatic heterocycles. The first kappa shape index (κ1) is 24.0. The maximum Gasteiger partial charge on any atom is 0.240 e. The normalized spacial score (nSPS) is 11.6. The summed E-state index contributed by atoms with van der Waals surface area (Å²) in [6.45, 7) is 0.888. The number of rotatable bonds is 10. The summed E-state index contributed by atoms with van der Waals surface area (Å²) in [7, 11) is -1.85. The van der Waals surface area contributed by atoms with Crippen LogP contribution in [0.5, 0.6) is 5.75 Å². The van der Waals surface area contributed by atoms with Crippen LogP contribution in [0.3, 0.4) is 0 Å². The van der Waals surface area contributed by atoms with Gasteiger partial charge in [-0.05, 0) is 42.8 Å². The fraction of sp³-hybridized carbons (Fsp3) is 0.154. The van der Waals surface area contributed by atoms with Gasteiger partial charge in [0, 0.05) is 42.0 Å². The van der Waals surface area contributed by atoms with Crippen LogP contribution in [0.25, 0.3) is 27.5 Å². The first-order valence-corrected chi connectivity index (χ1v) is 13.8. The highest BCUT2D eigenvalue weighted by atomic mass is 32.2. The van der Waals surface area contributed by atoms with Crippen LogP contribution in [-0.4, -0.2) is 43.0 Å². The molecule has 184 valence electrons. The van der Waals surface area contributed by atoms with Crippen molar-refractivity contribution in [2.45, 2.75) is 11.3 Å². The molecular weight excluding hydrogens is 494 g/mol. The minimum Gasteiger partial charge on any atom is -0.497 e. The van der Waals surface area contributed by atoms with Gasteiger partial charge in [0.15, 0.2) is 4.96 Å². The number of anilines is 1. The smallest absolute Gasteiger partial charge is 0.240 e. The first-order valence-electron chi connectivity index (χ1n) is 11.4. The van der Waals surface area contributed by atoms with E-state index < -0.39 is 10.0 Å². The summed E-state index contributed by atoms with van der Waals surface area (Å²) in [4.78, 5) is 10.5. The van der Waals surface area contributed by atoms with Crippen LogP contribution in [0.4, 0.5) is 5.82 Å². The molecule has 2 N–H and O–H groups in total. The molecule has 0 aliphatic rings. The van der Waals surface area contributed by atoms with Gasteiger partial charge in [-0.3, -0.25) is 4.40 Å². The Balaban J connectivity index is 1.30. The second-order valence-electron chi connectivity index (χ2n) is 8.02. The van der Waals surface area contributed by atoms with Gasteiger partial charge in [0.2, 0.25) is 10.0 Å². The van der Waals surface area contributed by atoms with Gasteiger partial charge in [-0.2, -0.15) is 0 Å². The topological polar surface area (TPSA) is 97.6 Å². The highest BCUT2D eigenvalue weighted by molar-refractivity contribution is 7.89. The van der Waals surface area contributed by atoms with Gasteiger partial charge in [-0.25, -0.2) is 23.1 Å². The highest BCUT2D eigenvalue weighted by Gasteiger charge is 2.18. The van der Waals surface area contributed by atoms with Crippen LogP contribution >= 0.6 is 11.3 Å². The molecule has 0 saturated heterocycles. The largest absolute Gasteiger partial charge is 0.497 e. The predicted molar refractivity (Wildman–Crippen MR) is 143 cm³/mol. The first-order chi connectivity index (χ1) is 17.5. The van der Waals surface area contributed by atoms with Crippen molar-refractivity contribution in [1.29, 1.82) is 0 Å². The van der Waals surface area contributed by atoms with Crippen molar-refractivity contribution in [2.75, 3.05) is 25.5 Å². The molecule has 36 heavy (non-hydrogen) atoms. The Labute approximate surface area is 213 Å². The summed E-state index contributed by atoms with van der Waals surface area (Å²) in [6.07, 6.45) is 4.38. The van der Waals surface area contributed by atoms with Gasteiger partial charge in [0.25, 0.3) is 0 Å². The molecule has 0 amide bonds. The Kier molecular flexibility index (Phi) is 6.99. The lowest BCUT2D eigenvalue weighted by Gasteiger charge is -2.10. The number of ether oxygens (including phenoxy) is 1. The molecule has 0 bridgehead atoms. The number of sulfonamides is 1. The minimum atomic E-state index is -3.50. The van der Waals surface area contributed by atoms with Crippen molar-refractivity contribution in [2.24, 2.45) is 0 Å². The third kappa shape index (κ3) is 5.11. The summed E-state index contributed by atoms with van der Waals surface area (Å²) in [5, 5.41) is 5.31. The van der Waals surface area contributed by atoms with Gasteiger partial charge >= 0.3 is 0 Å². The van der Waals surface area contributed by atoms with Gasteiger partial charge in [-0.1, -0.05) is 30.3 Å². The maximum atomic E-state index is 12.4. The van der Waals surface area contributed by atoms with Gasteiger partial charge in [0.05, 0.1) is 23.4 Å². The number of nitrogens with one attached hydrogen (secondary N) is 2. The Morgan fingerprint density at radius 2 is 1.86 bits per heavy atom. The summed E-state index contributed by atoms with van der Waals surface area (Å²) in [5.74, 6) is 1.48. The number of imidazole rings is 1. The molecule has 0 spiro atoms. The average Bonchev–Trinajstić information content (AvgIpc) is 3.51. The van der Waals surface area contributed by atoms with Crippen LogP contribution in [0.2, 0.25) is 0 Å². The Bertz CT molecular complexity index is 1580. The number of aromatic nitrogens is 3. The molecule has 0 saturated carbocycles. The molecule has 3 heterocycles. The molecule has 5 rings (SSSR count). The fourth-order valence-corrected chi connectivity index (χ4v) is 5.71. The molecule has 2 aromatic carbocycles. The SMILES string of the molecule is COc1cccc(-c2nc3sccn3c2-c2ccnc(NCCCNS(=O)(=O)c3ccccc3)c2)c1. The van der Waals surface area contributed by atoms with Crippen LogP contribution in [0.1, 0.15) is 6.42 Å². The zero-order valence-corrected chi connectivity index (χ0v) is 21.2. The summed E-state index contributed by atoms with van der Waals surface area (Å²) in [6, 6.07) is 20.2. The van der Waals surface area contributed by atoms with Crippen molar-refractivity contribution >= 4 is 32.1 Å². The third-order valence-electron chi connectivity index (χ3n) is 5.64. The van der Waals surface area contributed by atoms with E-state index in [1.165, 1.54) is 0 Å². The number of hydrogen-bond acceptors (Lipinski definition) is 7. The van der Waals surface area contributed by atoms with E-state index in [4.69, 9.17) is 9.72 Å². The number of thiazole rings is 1. The Morgan fingerprint density at radius 1 is 1.00 bits per heavy atom. The van der Waals surface area contributed by atoms with Gasteiger partial charge in [-0.15, -0.1) is 11.3 Å². The van der Waals surface area contributed by atoms with E-state index in [-0.39, 0.29) is 4.90 Å². The third-order valence-corrected chi connectivity index (χ3v) is 7.88. The second kappa shape index (κ2) is 10.5. The number of methoxy groups -OCH3 is 1. The Hall–Kier alpha value is -3.73. The van der Waals surface area contributed by atoms with Crippen molar-refractivity contribution in [3.05, 3.63) is 84.5 Å². The summed E-state index contributed by atoms with van der Waals surface area (Å²) >= 11 is 1.58. The molecule has 0 radical (unpaired) electrons. The van der Waals surface area contributed by atoms with Crippen LogP contribution in [-0.2, 0) is 10.0 Å². The second-order valence-corrected chi connectivity index (χ2v) is 10.7. The number of pyridine rings is 1. The van der Waals surface area contributed by atoms with Crippen molar-refractivity contribution in [3.8, 4) is 28.3 Å². The van der Waals surface area contributed by atoms with Crippen LogP contribution < -0.4 is 14.8 Å². The van der Waals surface area contributed by atoms with E-state index in [0.717, 1.165) is 33.2 Å². The number of benzene rings is 2. The van der Waals surface area contributed by atoms with E-state index in [2.05, 4.69) is 19.4 Å². The minimum absolute atomic E-state index is 0.264. The average molecular weight is 520 g/mol. The Morgan fingerprint density at radius 3 is 2.69 bits per heavy atom. The standard InChI is InChI=1S/C26H25N5O3S2/c1-34-21-8-5-7-19(17-21)24-25(31-15-16-35-26(31)30-24)20-11-14-28-23(18-20)27-12-6-13-29-36(32,33)22-9-3-2-4-10-22/h2-5,7-11,14-18,29H,6,12-13H2,1H3,(H,27,28). The van der Waals surface area contributed by atoms with E-state index in [9.17, 15) is 8.42 Å². The number of nitrogens with zero attached hydrogens (tertiary/aromatic N) is 3.